The molecule has 140 valence electrons. The fourth-order valence-electron chi connectivity index (χ4n) is 4.09. The Kier molecular flexibility index (Phi) is 4.28. The SMILES string of the molecule is Cc1nnc2cc(-c3ccc(OC4CCN(C5CCC5)CC4)cc3)cnn12. The molecular formula is C21H25N5O. The van der Waals surface area contributed by atoms with Crippen LogP contribution < -0.4 is 4.74 Å². The average Bonchev–Trinajstić information content (AvgIpc) is 3.03. The molecule has 0 unspecified atom stereocenters. The summed E-state index contributed by atoms with van der Waals surface area (Å²) in [6, 6.07) is 11.2. The summed E-state index contributed by atoms with van der Waals surface area (Å²) < 4.78 is 7.98. The quantitative estimate of drug-likeness (QED) is 0.710. The molecule has 2 aromatic heterocycles. The number of piperidine rings is 1. The molecule has 0 N–H and O–H groups in total. The summed E-state index contributed by atoms with van der Waals surface area (Å²) in [4.78, 5) is 2.65. The van der Waals surface area contributed by atoms with Crippen molar-refractivity contribution in [2.75, 3.05) is 13.1 Å². The molecule has 27 heavy (non-hydrogen) atoms. The first-order valence-corrected chi connectivity index (χ1v) is 9.95. The maximum atomic E-state index is 6.23. The summed E-state index contributed by atoms with van der Waals surface area (Å²) >= 11 is 0. The van der Waals surface area contributed by atoms with Gasteiger partial charge in [-0.15, -0.1) is 10.2 Å². The molecule has 3 heterocycles. The topological polar surface area (TPSA) is 55.6 Å². The second-order valence-corrected chi connectivity index (χ2v) is 7.72. The van der Waals surface area contributed by atoms with Crippen LogP contribution in [0.5, 0.6) is 5.75 Å². The van der Waals surface area contributed by atoms with Crippen molar-refractivity contribution in [1.82, 2.24) is 24.7 Å². The second kappa shape index (κ2) is 6.93. The van der Waals surface area contributed by atoms with E-state index in [0.29, 0.717) is 6.10 Å². The lowest BCUT2D eigenvalue weighted by Gasteiger charge is -2.41. The number of rotatable bonds is 4. The van der Waals surface area contributed by atoms with Gasteiger partial charge in [-0.05, 0) is 56.4 Å². The second-order valence-electron chi connectivity index (χ2n) is 7.72. The summed E-state index contributed by atoms with van der Waals surface area (Å²) in [5, 5.41) is 12.6. The molecule has 0 radical (unpaired) electrons. The minimum Gasteiger partial charge on any atom is -0.490 e. The first-order chi connectivity index (χ1) is 13.3. The van der Waals surface area contributed by atoms with E-state index in [0.717, 1.165) is 47.2 Å². The normalized spacial score (nSPS) is 19.3. The zero-order valence-corrected chi connectivity index (χ0v) is 15.7. The van der Waals surface area contributed by atoms with E-state index >= 15 is 0 Å². The van der Waals surface area contributed by atoms with Crippen molar-refractivity contribution in [3.8, 4) is 16.9 Å². The van der Waals surface area contributed by atoms with Crippen molar-refractivity contribution < 1.29 is 4.74 Å². The number of nitrogens with zero attached hydrogens (tertiary/aromatic N) is 5. The standard InChI is InChI=1S/C21H25N5O/c1-15-23-24-21-13-17(14-22-26(15)21)16-5-7-19(8-6-16)27-20-9-11-25(12-10-20)18-3-2-4-18/h5-8,13-14,18,20H,2-4,9-12H2,1H3. The molecule has 0 bridgehead atoms. The van der Waals surface area contributed by atoms with E-state index in [1.54, 1.807) is 4.52 Å². The van der Waals surface area contributed by atoms with E-state index in [1.807, 2.05) is 19.2 Å². The molecular weight excluding hydrogens is 338 g/mol. The predicted molar refractivity (Wildman–Crippen MR) is 104 cm³/mol. The predicted octanol–water partition coefficient (Wildman–Crippen LogP) is 3.50. The van der Waals surface area contributed by atoms with Crippen LogP contribution in [0.4, 0.5) is 0 Å². The minimum atomic E-state index is 0.337. The zero-order valence-electron chi connectivity index (χ0n) is 15.7. The molecule has 3 aromatic rings. The van der Waals surface area contributed by atoms with E-state index in [9.17, 15) is 0 Å². The maximum absolute atomic E-state index is 6.23. The Morgan fingerprint density at radius 1 is 0.963 bits per heavy atom. The van der Waals surface area contributed by atoms with Crippen LogP contribution in [0.3, 0.4) is 0 Å². The Morgan fingerprint density at radius 3 is 2.44 bits per heavy atom. The molecule has 1 saturated carbocycles. The summed E-state index contributed by atoms with van der Waals surface area (Å²) in [6.07, 6.45) is 8.64. The molecule has 0 spiro atoms. The number of benzene rings is 1. The van der Waals surface area contributed by atoms with Crippen molar-refractivity contribution in [2.45, 2.75) is 51.2 Å². The zero-order chi connectivity index (χ0) is 18.2. The van der Waals surface area contributed by atoms with Crippen molar-refractivity contribution in [3.05, 3.63) is 42.4 Å². The monoisotopic (exact) mass is 363 g/mol. The van der Waals surface area contributed by atoms with Crippen LogP contribution in [0.25, 0.3) is 16.8 Å². The molecule has 0 amide bonds. The number of aromatic nitrogens is 4. The summed E-state index contributed by atoms with van der Waals surface area (Å²) in [5.41, 5.74) is 2.91. The number of aryl methyl sites for hydroxylation is 1. The Labute approximate surface area is 159 Å². The van der Waals surface area contributed by atoms with Crippen LogP contribution >= 0.6 is 0 Å². The maximum Gasteiger partial charge on any atom is 0.178 e. The fourth-order valence-corrected chi connectivity index (χ4v) is 4.09. The Hall–Kier alpha value is -2.47. The van der Waals surface area contributed by atoms with E-state index in [4.69, 9.17) is 4.74 Å². The van der Waals surface area contributed by atoms with E-state index in [1.165, 1.54) is 32.4 Å². The van der Waals surface area contributed by atoms with Crippen LogP contribution in [0.2, 0.25) is 0 Å². The lowest BCUT2D eigenvalue weighted by atomic mass is 9.90. The number of ether oxygens (including phenoxy) is 1. The highest BCUT2D eigenvalue weighted by Crippen LogP contribution is 2.29. The molecule has 1 aliphatic heterocycles. The molecule has 1 aliphatic carbocycles. The summed E-state index contributed by atoms with van der Waals surface area (Å²) in [5.74, 6) is 1.75. The lowest BCUT2D eigenvalue weighted by Crippen LogP contribution is -2.46. The Bertz CT molecular complexity index is 923. The average molecular weight is 363 g/mol. The van der Waals surface area contributed by atoms with Gasteiger partial charge in [0, 0.05) is 24.7 Å². The molecule has 6 heteroatoms. The smallest absolute Gasteiger partial charge is 0.178 e. The molecule has 5 rings (SSSR count). The molecule has 1 saturated heterocycles. The third-order valence-corrected chi connectivity index (χ3v) is 5.98. The summed E-state index contributed by atoms with van der Waals surface area (Å²) in [7, 11) is 0. The third kappa shape index (κ3) is 3.30. The number of fused-ring (bicyclic) bond motifs is 1. The van der Waals surface area contributed by atoms with E-state index < -0.39 is 0 Å². The Morgan fingerprint density at radius 2 is 1.74 bits per heavy atom. The summed E-state index contributed by atoms with van der Waals surface area (Å²) in [6.45, 7) is 4.25. The van der Waals surface area contributed by atoms with Crippen LogP contribution in [-0.2, 0) is 0 Å². The minimum absolute atomic E-state index is 0.337. The van der Waals surface area contributed by atoms with Gasteiger partial charge >= 0.3 is 0 Å². The van der Waals surface area contributed by atoms with Gasteiger partial charge in [0.15, 0.2) is 11.5 Å². The first-order valence-electron chi connectivity index (χ1n) is 9.95. The third-order valence-electron chi connectivity index (χ3n) is 5.98. The highest BCUT2D eigenvalue weighted by Gasteiger charge is 2.29. The van der Waals surface area contributed by atoms with Crippen molar-refractivity contribution in [3.63, 3.8) is 0 Å². The van der Waals surface area contributed by atoms with Gasteiger partial charge < -0.3 is 9.64 Å². The number of hydrogen-bond acceptors (Lipinski definition) is 5. The largest absolute Gasteiger partial charge is 0.490 e. The highest BCUT2D eigenvalue weighted by molar-refractivity contribution is 5.66. The molecule has 0 atom stereocenters. The molecule has 1 aromatic carbocycles. The van der Waals surface area contributed by atoms with E-state index in [2.05, 4.69) is 44.5 Å². The number of hydrogen-bond donors (Lipinski definition) is 0. The van der Waals surface area contributed by atoms with Crippen LogP contribution in [0, 0.1) is 6.92 Å². The van der Waals surface area contributed by atoms with Gasteiger partial charge in [-0.1, -0.05) is 18.6 Å². The number of likely N-dealkylation sites (tertiary alicyclic amines) is 1. The van der Waals surface area contributed by atoms with Gasteiger partial charge in [-0.2, -0.15) is 9.61 Å². The van der Waals surface area contributed by atoms with Crippen LogP contribution in [0.1, 0.15) is 37.9 Å². The Balaban J connectivity index is 1.23. The van der Waals surface area contributed by atoms with Crippen molar-refractivity contribution in [1.29, 1.82) is 0 Å². The molecule has 2 fully saturated rings. The molecule has 6 nitrogen and oxygen atoms in total. The van der Waals surface area contributed by atoms with Gasteiger partial charge in [0.25, 0.3) is 0 Å². The van der Waals surface area contributed by atoms with E-state index in [-0.39, 0.29) is 0 Å². The van der Waals surface area contributed by atoms with Gasteiger partial charge in [-0.25, -0.2) is 0 Å². The van der Waals surface area contributed by atoms with Crippen molar-refractivity contribution in [2.24, 2.45) is 0 Å². The molecule has 2 aliphatic rings. The van der Waals surface area contributed by atoms with Gasteiger partial charge in [0.1, 0.15) is 11.9 Å². The van der Waals surface area contributed by atoms with Crippen molar-refractivity contribution >= 4 is 5.65 Å². The first kappa shape index (κ1) is 16.7. The van der Waals surface area contributed by atoms with Gasteiger partial charge in [0.2, 0.25) is 0 Å². The highest BCUT2D eigenvalue weighted by atomic mass is 16.5. The van der Waals surface area contributed by atoms with Crippen LogP contribution in [0.15, 0.2) is 36.5 Å². The van der Waals surface area contributed by atoms with Crippen LogP contribution in [-0.4, -0.2) is 49.9 Å². The van der Waals surface area contributed by atoms with Gasteiger partial charge in [0.05, 0.1) is 6.20 Å². The fraction of sp³-hybridized carbons (Fsp3) is 0.476. The lowest BCUT2D eigenvalue weighted by molar-refractivity contribution is 0.0493. The van der Waals surface area contributed by atoms with Gasteiger partial charge in [-0.3, -0.25) is 0 Å².